The molecule has 1 aromatic rings. The van der Waals surface area contributed by atoms with Gasteiger partial charge in [0.25, 0.3) is 0 Å². The summed E-state index contributed by atoms with van der Waals surface area (Å²) in [5, 5.41) is 1.19. The molecule has 0 N–H and O–H groups in total. The molecule has 2 aliphatic rings. The fourth-order valence-electron chi connectivity index (χ4n) is 3.57. The Morgan fingerprint density at radius 2 is 2.00 bits per heavy atom. The maximum Gasteiger partial charge on any atom is 0.309 e. The number of aromatic nitrogens is 1. The van der Waals surface area contributed by atoms with Crippen LogP contribution in [-0.4, -0.2) is 31.3 Å². The molecule has 2 fully saturated rings. The topological polar surface area (TPSA) is 48.4 Å². The number of esters is 1. The van der Waals surface area contributed by atoms with Gasteiger partial charge >= 0.3 is 5.97 Å². The number of halogens is 1. The second-order valence-corrected chi connectivity index (χ2v) is 8.47. The lowest BCUT2D eigenvalue weighted by Crippen LogP contribution is -2.27. The Bertz CT molecular complexity index is 527. The summed E-state index contributed by atoms with van der Waals surface area (Å²) in [5.41, 5.74) is 1.07. The van der Waals surface area contributed by atoms with Crippen molar-refractivity contribution >= 4 is 33.2 Å². The number of rotatable bonds is 3. The van der Waals surface area contributed by atoms with Gasteiger partial charge in [-0.05, 0) is 41.6 Å². The fraction of sp³-hybridized carbons (Fsp3) is 0.750. The Morgan fingerprint density at radius 1 is 1.27 bits per heavy atom. The number of carbonyl (C=O) groups excluding carboxylic acids is 1. The predicted molar refractivity (Wildman–Crippen MR) is 89.3 cm³/mol. The summed E-state index contributed by atoms with van der Waals surface area (Å²) >= 11 is 5.42. The molecule has 1 saturated heterocycles. The number of carbonyl (C=O) groups is 1. The third-order valence-electron chi connectivity index (χ3n) is 4.82. The van der Waals surface area contributed by atoms with E-state index in [-0.39, 0.29) is 17.8 Å². The molecule has 1 saturated carbocycles. The summed E-state index contributed by atoms with van der Waals surface area (Å²) in [5.74, 6) is 0.571. The van der Waals surface area contributed by atoms with Gasteiger partial charge in [0, 0.05) is 25.0 Å². The molecule has 1 aliphatic heterocycles. The quantitative estimate of drug-likeness (QED) is 0.727. The van der Waals surface area contributed by atoms with E-state index in [1.165, 1.54) is 12.1 Å². The van der Waals surface area contributed by atoms with E-state index in [1.54, 1.807) is 11.3 Å². The minimum atomic E-state index is -0.0859. The van der Waals surface area contributed by atoms with Gasteiger partial charge in [0.2, 0.25) is 0 Å². The molecule has 122 valence electrons. The lowest BCUT2D eigenvalue weighted by Gasteiger charge is -2.28. The zero-order valence-electron chi connectivity index (χ0n) is 12.8. The van der Waals surface area contributed by atoms with E-state index in [2.05, 4.69) is 15.9 Å². The Labute approximate surface area is 143 Å². The molecule has 22 heavy (non-hydrogen) atoms. The third-order valence-corrected chi connectivity index (χ3v) is 6.73. The van der Waals surface area contributed by atoms with E-state index in [0.29, 0.717) is 5.92 Å². The van der Waals surface area contributed by atoms with Crippen molar-refractivity contribution in [3.8, 4) is 0 Å². The number of methoxy groups -OCH3 is 1. The molecule has 3 rings (SSSR count). The van der Waals surface area contributed by atoms with Crippen molar-refractivity contribution in [1.82, 2.24) is 4.98 Å². The van der Waals surface area contributed by atoms with Crippen LogP contribution < -0.4 is 0 Å². The van der Waals surface area contributed by atoms with Crippen LogP contribution in [0.25, 0.3) is 0 Å². The first-order valence-electron chi connectivity index (χ1n) is 8.02. The lowest BCUT2D eigenvalue weighted by atomic mass is 9.78. The van der Waals surface area contributed by atoms with Crippen molar-refractivity contribution in [2.45, 2.75) is 50.4 Å². The fourth-order valence-corrected chi connectivity index (χ4v) is 5.48. The minimum absolute atomic E-state index is 0.0420. The van der Waals surface area contributed by atoms with Crippen molar-refractivity contribution < 1.29 is 14.3 Å². The molecule has 1 aliphatic carbocycles. The van der Waals surface area contributed by atoms with Crippen LogP contribution in [0.3, 0.4) is 0 Å². The van der Waals surface area contributed by atoms with Gasteiger partial charge in [0.1, 0.15) is 0 Å². The van der Waals surface area contributed by atoms with Gasteiger partial charge in [0.05, 0.1) is 27.5 Å². The van der Waals surface area contributed by atoms with Gasteiger partial charge in [0.15, 0.2) is 0 Å². The molecule has 0 radical (unpaired) electrons. The number of thiazole rings is 1. The highest BCUT2D eigenvalue weighted by Crippen LogP contribution is 2.44. The summed E-state index contributed by atoms with van der Waals surface area (Å²) in [4.78, 5) is 17.0. The van der Waals surface area contributed by atoms with Crippen LogP contribution in [0.2, 0.25) is 0 Å². The largest absolute Gasteiger partial charge is 0.469 e. The van der Waals surface area contributed by atoms with Crippen molar-refractivity contribution in [1.29, 1.82) is 0 Å². The van der Waals surface area contributed by atoms with Crippen molar-refractivity contribution in [3.05, 3.63) is 14.5 Å². The molecule has 0 spiro atoms. The van der Waals surface area contributed by atoms with Crippen LogP contribution >= 0.6 is 27.3 Å². The third kappa shape index (κ3) is 3.39. The lowest BCUT2D eigenvalue weighted by molar-refractivity contribution is -0.147. The first-order valence-corrected chi connectivity index (χ1v) is 9.63. The molecule has 0 amide bonds. The Kier molecular flexibility index (Phi) is 5.52. The first-order chi connectivity index (χ1) is 10.7. The van der Waals surface area contributed by atoms with Gasteiger partial charge in [-0.1, -0.05) is 12.8 Å². The van der Waals surface area contributed by atoms with Crippen LogP contribution in [0.15, 0.2) is 3.79 Å². The molecule has 2 heterocycles. The van der Waals surface area contributed by atoms with Crippen molar-refractivity contribution in [3.63, 3.8) is 0 Å². The van der Waals surface area contributed by atoms with E-state index in [4.69, 9.17) is 14.5 Å². The van der Waals surface area contributed by atoms with Gasteiger partial charge in [-0.25, -0.2) is 4.98 Å². The molecule has 2 atom stereocenters. The first kappa shape index (κ1) is 16.4. The summed E-state index contributed by atoms with van der Waals surface area (Å²) < 4.78 is 11.5. The van der Waals surface area contributed by atoms with E-state index in [9.17, 15) is 4.79 Å². The average molecular weight is 388 g/mol. The maximum atomic E-state index is 12.1. The van der Waals surface area contributed by atoms with E-state index < -0.39 is 0 Å². The number of hydrogen-bond donors (Lipinski definition) is 0. The smallest absolute Gasteiger partial charge is 0.309 e. The van der Waals surface area contributed by atoms with E-state index >= 15 is 0 Å². The summed E-state index contributed by atoms with van der Waals surface area (Å²) in [6.45, 7) is 1.65. The van der Waals surface area contributed by atoms with E-state index in [1.807, 2.05) is 0 Å². The zero-order chi connectivity index (χ0) is 15.5. The van der Waals surface area contributed by atoms with E-state index in [0.717, 1.165) is 61.2 Å². The predicted octanol–water partition coefficient (Wildman–Crippen LogP) is 4.25. The minimum Gasteiger partial charge on any atom is -0.469 e. The van der Waals surface area contributed by atoms with Gasteiger partial charge in [-0.3, -0.25) is 4.79 Å². The SMILES string of the molecule is COC(=O)[C@@H]1CCCC[C@H]1c1nc(C2CCOCC2)sc1Br. The average Bonchev–Trinajstić information content (AvgIpc) is 2.96. The normalized spacial score (nSPS) is 26.8. The summed E-state index contributed by atoms with van der Waals surface area (Å²) in [6, 6.07) is 0. The summed E-state index contributed by atoms with van der Waals surface area (Å²) in [7, 11) is 1.48. The van der Waals surface area contributed by atoms with Crippen LogP contribution in [0.1, 0.15) is 61.1 Å². The number of hydrogen-bond acceptors (Lipinski definition) is 5. The molecule has 1 aromatic heterocycles. The Hall–Kier alpha value is -0.460. The number of ether oxygens (including phenoxy) is 2. The second kappa shape index (κ2) is 7.41. The van der Waals surface area contributed by atoms with Crippen LogP contribution in [0.5, 0.6) is 0 Å². The van der Waals surface area contributed by atoms with Crippen LogP contribution in [0.4, 0.5) is 0 Å². The number of nitrogens with zero attached hydrogens (tertiary/aromatic N) is 1. The highest BCUT2D eigenvalue weighted by Gasteiger charge is 2.36. The molecule has 6 heteroatoms. The highest BCUT2D eigenvalue weighted by molar-refractivity contribution is 9.11. The maximum absolute atomic E-state index is 12.1. The van der Waals surface area contributed by atoms with Gasteiger partial charge in [-0.15, -0.1) is 11.3 Å². The molecule has 0 bridgehead atoms. The summed E-state index contributed by atoms with van der Waals surface area (Å²) in [6.07, 6.45) is 6.29. The standard InChI is InChI=1S/C16H22BrNO3S/c1-20-16(19)12-5-3-2-4-11(12)13-14(17)22-15(18-13)10-6-8-21-9-7-10/h10-12H,2-9H2,1H3/t11-,12-/m1/s1. The molecular formula is C16H22BrNO3S. The molecule has 0 unspecified atom stereocenters. The molecular weight excluding hydrogens is 366 g/mol. The van der Waals surface area contributed by atoms with Crippen LogP contribution in [0, 0.1) is 5.92 Å². The monoisotopic (exact) mass is 387 g/mol. The Balaban J connectivity index is 1.83. The van der Waals surface area contributed by atoms with Crippen LogP contribution in [-0.2, 0) is 14.3 Å². The highest BCUT2D eigenvalue weighted by atomic mass is 79.9. The van der Waals surface area contributed by atoms with Crippen molar-refractivity contribution in [2.24, 2.45) is 5.92 Å². The second-order valence-electron chi connectivity index (χ2n) is 6.12. The van der Waals surface area contributed by atoms with Gasteiger partial charge in [-0.2, -0.15) is 0 Å². The van der Waals surface area contributed by atoms with Crippen molar-refractivity contribution in [2.75, 3.05) is 20.3 Å². The zero-order valence-corrected chi connectivity index (χ0v) is 15.2. The Morgan fingerprint density at radius 3 is 2.73 bits per heavy atom. The molecule has 4 nitrogen and oxygen atoms in total. The molecule has 0 aromatic carbocycles. The van der Waals surface area contributed by atoms with Gasteiger partial charge < -0.3 is 9.47 Å².